The first-order valence-corrected chi connectivity index (χ1v) is 7.79. The maximum atomic E-state index is 6.46. The quantitative estimate of drug-likeness (QED) is 0.743. The average Bonchev–Trinajstić information content (AvgIpc) is 2.53. The molecular weight excluding hydrogens is 324 g/mol. The molecule has 3 rings (SSSR count). The van der Waals surface area contributed by atoms with Crippen molar-refractivity contribution in [3.63, 3.8) is 0 Å². The van der Waals surface area contributed by atoms with Crippen molar-refractivity contribution in [2.75, 3.05) is 0 Å². The third kappa shape index (κ3) is 2.99. The number of aromatic nitrogens is 1. The first-order valence-electron chi connectivity index (χ1n) is 7.00. The summed E-state index contributed by atoms with van der Waals surface area (Å²) < 4.78 is 1.09. The molecule has 2 unspecified atom stereocenters. The van der Waals surface area contributed by atoms with Crippen molar-refractivity contribution >= 4 is 26.7 Å². The number of nitrogens with two attached hydrogens (primary N) is 1. The average molecular weight is 341 g/mol. The normalized spacial score (nSPS) is 14.0. The number of halogens is 1. The van der Waals surface area contributed by atoms with Gasteiger partial charge in [0.25, 0.3) is 0 Å². The summed E-state index contributed by atoms with van der Waals surface area (Å²) in [4.78, 5) is 4.06. The molecule has 0 saturated carbocycles. The number of rotatable bonds is 3. The standard InChI is InChI=1S/C18H17BrN2/c1-12(13-6-8-21-9-7-13)18(20)16-3-2-15-11-17(19)5-4-14(15)10-16/h2-12,18H,20H2,1H3. The van der Waals surface area contributed by atoms with Crippen LogP contribution in [0.4, 0.5) is 0 Å². The van der Waals surface area contributed by atoms with Crippen molar-refractivity contribution in [2.45, 2.75) is 18.9 Å². The Hall–Kier alpha value is -1.71. The molecule has 2 N–H and O–H groups in total. The van der Waals surface area contributed by atoms with Crippen LogP contribution in [0.3, 0.4) is 0 Å². The van der Waals surface area contributed by atoms with Gasteiger partial charge in [0.05, 0.1) is 0 Å². The van der Waals surface area contributed by atoms with Crippen LogP contribution in [0.25, 0.3) is 10.8 Å². The van der Waals surface area contributed by atoms with Crippen molar-refractivity contribution < 1.29 is 0 Å². The minimum Gasteiger partial charge on any atom is -0.323 e. The molecule has 2 atom stereocenters. The van der Waals surface area contributed by atoms with Crippen LogP contribution in [0, 0.1) is 0 Å². The van der Waals surface area contributed by atoms with Crippen molar-refractivity contribution in [3.05, 3.63) is 76.5 Å². The van der Waals surface area contributed by atoms with Crippen molar-refractivity contribution in [2.24, 2.45) is 5.73 Å². The molecule has 21 heavy (non-hydrogen) atoms. The summed E-state index contributed by atoms with van der Waals surface area (Å²) in [5.74, 6) is 0.251. The molecule has 106 valence electrons. The molecule has 0 saturated heterocycles. The lowest BCUT2D eigenvalue weighted by Gasteiger charge is -2.21. The Kier molecular flexibility index (Phi) is 4.04. The largest absolute Gasteiger partial charge is 0.323 e. The van der Waals surface area contributed by atoms with Gasteiger partial charge in [-0.05, 0) is 52.2 Å². The lowest BCUT2D eigenvalue weighted by atomic mass is 9.89. The summed E-state index contributed by atoms with van der Waals surface area (Å²) in [6.45, 7) is 2.16. The third-order valence-electron chi connectivity index (χ3n) is 3.98. The summed E-state index contributed by atoms with van der Waals surface area (Å²) in [6.07, 6.45) is 3.63. The summed E-state index contributed by atoms with van der Waals surface area (Å²) >= 11 is 3.50. The Labute approximate surface area is 133 Å². The zero-order valence-corrected chi connectivity index (χ0v) is 13.4. The van der Waals surface area contributed by atoms with E-state index in [1.807, 2.05) is 24.5 Å². The zero-order chi connectivity index (χ0) is 14.8. The second-order valence-electron chi connectivity index (χ2n) is 5.35. The predicted molar refractivity (Wildman–Crippen MR) is 91.2 cm³/mol. The molecule has 0 aliphatic carbocycles. The van der Waals surface area contributed by atoms with Crippen LogP contribution in [0.15, 0.2) is 65.4 Å². The highest BCUT2D eigenvalue weighted by atomic mass is 79.9. The van der Waals surface area contributed by atoms with Crippen LogP contribution in [-0.2, 0) is 0 Å². The number of hydrogen-bond donors (Lipinski definition) is 1. The molecule has 1 aromatic heterocycles. The molecule has 0 aliphatic rings. The maximum Gasteiger partial charge on any atom is 0.0362 e. The van der Waals surface area contributed by atoms with Crippen LogP contribution >= 0.6 is 15.9 Å². The van der Waals surface area contributed by atoms with E-state index in [0.29, 0.717) is 0 Å². The zero-order valence-electron chi connectivity index (χ0n) is 11.8. The first kappa shape index (κ1) is 14.2. The van der Waals surface area contributed by atoms with E-state index in [2.05, 4.69) is 64.2 Å². The SMILES string of the molecule is CC(c1ccncc1)C(N)c1ccc2cc(Br)ccc2c1. The fourth-order valence-electron chi connectivity index (χ4n) is 2.61. The molecule has 2 nitrogen and oxygen atoms in total. The lowest BCUT2D eigenvalue weighted by Crippen LogP contribution is -2.17. The van der Waals surface area contributed by atoms with Crippen LogP contribution in [0.5, 0.6) is 0 Å². The predicted octanol–water partition coefficient (Wildman–Crippen LogP) is 4.80. The summed E-state index contributed by atoms with van der Waals surface area (Å²) in [7, 11) is 0. The van der Waals surface area contributed by atoms with Gasteiger partial charge in [0, 0.05) is 28.8 Å². The molecule has 2 aromatic carbocycles. The number of nitrogens with zero attached hydrogens (tertiary/aromatic N) is 1. The van der Waals surface area contributed by atoms with Gasteiger partial charge in [-0.25, -0.2) is 0 Å². The van der Waals surface area contributed by atoms with Gasteiger partial charge in [-0.2, -0.15) is 0 Å². The third-order valence-corrected chi connectivity index (χ3v) is 4.48. The minimum atomic E-state index is -0.0274. The van der Waals surface area contributed by atoms with Crippen LogP contribution < -0.4 is 5.73 Å². The van der Waals surface area contributed by atoms with E-state index in [-0.39, 0.29) is 12.0 Å². The molecule has 0 fully saturated rings. The van der Waals surface area contributed by atoms with Crippen molar-refractivity contribution in [1.29, 1.82) is 0 Å². The van der Waals surface area contributed by atoms with Crippen LogP contribution in [0.2, 0.25) is 0 Å². The molecule has 0 radical (unpaired) electrons. The fourth-order valence-corrected chi connectivity index (χ4v) is 2.98. The number of hydrogen-bond acceptors (Lipinski definition) is 2. The molecule has 0 amide bonds. The van der Waals surface area contributed by atoms with Crippen LogP contribution in [-0.4, -0.2) is 4.98 Å². The molecule has 0 aliphatic heterocycles. The second-order valence-corrected chi connectivity index (χ2v) is 6.26. The van der Waals surface area contributed by atoms with Gasteiger partial charge in [-0.3, -0.25) is 4.98 Å². The molecular formula is C18H17BrN2. The van der Waals surface area contributed by atoms with Crippen molar-refractivity contribution in [3.8, 4) is 0 Å². The van der Waals surface area contributed by atoms with E-state index in [0.717, 1.165) is 10.0 Å². The van der Waals surface area contributed by atoms with Gasteiger partial charge < -0.3 is 5.73 Å². The Balaban J connectivity index is 1.94. The van der Waals surface area contributed by atoms with E-state index in [1.165, 1.54) is 16.3 Å². The Morgan fingerprint density at radius 3 is 2.33 bits per heavy atom. The topological polar surface area (TPSA) is 38.9 Å². The highest BCUT2D eigenvalue weighted by Crippen LogP contribution is 2.30. The summed E-state index contributed by atoms with van der Waals surface area (Å²) in [5.41, 5.74) is 8.84. The van der Waals surface area contributed by atoms with Gasteiger partial charge >= 0.3 is 0 Å². The van der Waals surface area contributed by atoms with Gasteiger partial charge in [-0.1, -0.05) is 41.1 Å². The highest BCUT2D eigenvalue weighted by molar-refractivity contribution is 9.10. The molecule has 3 heteroatoms. The smallest absolute Gasteiger partial charge is 0.0362 e. The van der Waals surface area contributed by atoms with Gasteiger partial charge in [-0.15, -0.1) is 0 Å². The second kappa shape index (κ2) is 5.96. The molecule has 3 aromatic rings. The minimum absolute atomic E-state index is 0.0274. The Morgan fingerprint density at radius 2 is 1.57 bits per heavy atom. The van der Waals surface area contributed by atoms with Gasteiger partial charge in [0.2, 0.25) is 0 Å². The molecule has 1 heterocycles. The van der Waals surface area contributed by atoms with E-state index >= 15 is 0 Å². The summed E-state index contributed by atoms with van der Waals surface area (Å²) in [6, 6.07) is 16.8. The lowest BCUT2D eigenvalue weighted by molar-refractivity contribution is 0.598. The molecule has 0 spiro atoms. The number of fused-ring (bicyclic) bond motifs is 1. The van der Waals surface area contributed by atoms with E-state index in [1.54, 1.807) is 0 Å². The first-order chi connectivity index (χ1) is 10.1. The Bertz CT molecular complexity index is 756. The Morgan fingerprint density at radius 1 is 0.905 bits per heavy atom. The monoisotopic (exact) mass is 340 g/mol. The van der Waals surface area contributed by atoms with Gasteiger partial charge in [0.15, 0.2) is 0 Å². The number of pyridine rings is 1. The summed E-state index contributed by atoms with van der Waals surface area (Å²) in [5, 5.41) is 2.44. The van der Waals surface area contributed by atoms with E-state index in [4.69, 9.17) is 5.73 Å². The molecule has 0 bridgehead atoms. The number of benzene rings is 2. The highest BCUT2D eigenvalue weighted by Gasteiger charge is 2.17. The van der Waals surface area contributed by atoms with Crippen molar-refractivity contribution in [1.82, 2.24) is 4.98 Å². The maximum absolute atomic E-state index is 6.46. The van der Waals surface area contributed by atoms with E-state index in [9.17, 15) is 0 Å². The van der Waals surface area contributed by atoms with Gasteiger partial charge in [0.1, 0.15) is 0 Å². The van der Waals surface area contributed by atoms with E-state index < -0.39 is 0 Å². The fraction of sp³-hybridized carbons (Fsp3) is 0.167. The van der Waals surface area contributed by atoms with Crippen LogP contribution in [0.1, 0.15) is 30.0 Å².